The first-order valence-corrected chi connectivity index (χ1v) is 8.72. The van der Waals surface area contributed by atoms with Gasteiger partial charge in [-0.25, -0.2) is 4.98 Å². The topological polar surface area (TPSA) is 28.2 Å². The van der Waals surface area contributed by atoms with Gasteiger partial charge >= 0.3 is 0 Å². The van der Waals surface area contributed by atoms with Crippen molar-refractivity contribution in [1.29, 1.82) is 0 Å². The van der Waals surface area contributed by atoms with Gasteiger partial charge in [-0.1, -0.05) is 26.7 Å². The largest absolute Gasteiger partial charge is 0.357 e. The minimum Gasteiger partial charge on any atom is -0.357 e. The second-order valence-corrected chi connectivity index (χ2v) is 6.19. The summed E-state index contributed by atoms with van der Waals surface area (Å²) in [7, 11) is 0. The highest BCUT2D eigenvalue weighted by Crippen LogP contribution is 2.28. The van der Waals surface area contributed by atoms with E-state index >= 15 is 0 Å². The van der Waals surface area contributed by atoms with Crippen molar-refractivity contribution in [1.82, 2.24) is 10.3 Å². The minimum absolute atomic E-state index is 0.888. The Kier molecular flexibility index (Phi) is 6.50. The number of anilines is 1. The monoisotopic (exact) mass is 289 g/mol. The fourth-order valence-electron chi connectivity index (χ4n) is 2.92. The van der Waals surface area contributed by atoms with Crippen LogP contribution in [0.25, 0.3) is 0 Å². The molecule has 0 bridgehead atoms. The van der Waals surface area contributed by atoms with Crippen LogP contribution in [0.1, 0.15) is 57.7 Å². The predicted octanol–water partition coefficient (Wildman–Crippen LogP) is 3.77. The highest BCUT2D eigenvalue weighted by atomic mass is 15.2. The van der Waals surface area contributed by atoms with Crippen LogP contribution in [0.15, 0.2) is 12.1 Å². The van der Waals surface area contributed by atoms with E-state index in [-0.39, 0.29) is 0 Å². The number of nitrogens with zero attached hydrogens (tertiary/aromatic N) is 2. The average Bonchev–Trinajstić information content (AvgIpc) is 2.44. The van der Waals surface area contributed by atoms with Crippen molar-refractivity contribution < 1.29 is 0 Å². The minimum atomic E-state index is 0.888. The van der Waals surface area contributed by atoms with Crippen LogP contribution in [-0.2, 0) is 13.0 Å². The molecule has 1 saturated carbocycles. The van der Waals surface area contributed by atoms with Crippen LogP contribution >= 0.6 is 0 Å². The Bertz CT molecular complexity index is 426. The molecule has 0 aliphatic heterocycles. The van der Waals surface area contributed by atoms with Crippen molar-refractivity contribution in [3.05, 3.63) is 23.4 Å². The van der Waals surface area contributed by atoms with Gasteiger partial charge in [0.2, 0.25) is 0 Å². The zero-order valence-corrected chi connectivity index (χ0v) is 14.0. The molecule has 1 aromatic heterocycles. The quantitative estimate of drug-likeness (QED) is 0.750. The SMILES string of the molecule is CCCc1cc(CNCC)cc(N(CC)CC2CCC2)n1. The van der Waals surface area contributed by atoms with Crippen molar-refractivity contribution >= 4 is 5.82 Å². The molecule has 3 nitrogen and oxygen atoms in total. The van der Waals surface area contributed by atoms with E-state index in [0.717, 1.165) is 38.4 Å². The highest BCUT2D eigenvalue weighted by molar-refractivity contribution is 5.43. The standard InChI is InChI=1S/C18H31N3/c1-4-8-17-11-16(13-19-5-2)12-18(20-17)21(6-3)14-15-9-7-10-15/h11-12,15,19H,4-10,13-14H2,1-3H3. The van der Waals surface area contributed by atoms with Crippen molar-refractivity contribution in [2.45, 2.75) is 59.4 Å². The molecule has 1 aliphatic rings. The maximum Gasteiger partial charge on any atom is 0.129 e. The van der Waals surface area contributed by atoms with E-state index in [1.807, 2.05) is 0 Å². The molecule has 0 atom stereocenters. The molecule has 2 rings (SSSR count). The Morgan fingerprint density at radius 3 is 2.62 bits per heavy atom. The molecule has 3 heteroatoms. The van der Waals surface area contributed by atoms with Gasteiger partial charge in [-0.15, -0.1) is 0 Å². The fraction of sp³-hybridized carbons (Fsp3) is 0.722. The summed E-state index contributed by atoms with van der Waals surface area (Å²) in [6.45, 7) is 10.8. The summed E-state index contributed by atoms with van der Waals surface area (Å²) in [6.07, 6.45) is 6.45. The molecule has 0 aromatic carbocycles. The maximum absolute atomic E-state index is 4.91. The molecule has 0 spiro atoms. The molecule has 21 heavy (non-hydrogen) atoms. The molecule has 1 fully saturated rings. The van der Waals surface area contributed by atoms with Crippen LogP contribution in [-0.4, -0.2) is 24.6 Å². The van der Waals surface area contributed by atoms with Gasteiger partial charge in [0.15, 0.2) is 0 Å². The number of pyridine rings is 1. The molecule has 118 valence electrons. The first-order valence-electron chi connectivity index (χ1n) is 8.72. The van der Waals surface area contributed by atoms with Crippen LogP contribution in [0.3, 0.4) is 0 Å². The fourth-order valence-corrected chi connectivity index (χ4v) is 2.92. The van der Waals surface area contributed by atoms with Crippen molar-refractivity contribution in [3.63, 3.8) is 0 Å². The summed E-state index contributed by atoms with van der Waals surface area (Å²) in [6, 6.07) is 4.55. The molecular formula is C18H31N3. The first kappa shape index (κ1) is 16.3. The molecule has 0 radical (unpaired) electrons. The molecule has 1 heterocycles. The Morgan fingerprint density at radius 1 is 1.24 bits per heavy atom. The highest BCUT2D eigenvalue weighted by Gasteiger charge is 2.21. The number of nitrogens with one attached hydrogen (secondary N) is 1. The summed E-state index contributed by atoms with van der Waals surface area (Å²) < 4.78 is 0. The van der Waals surface area contributed by atoms with E-state index in [4.69, 9.17) is 4.98 Å². The van der Waals surface area contributed by atoms with Gasteiger partial charge in [0.05, 0.1) is 0 Å². The summed E-state index contributed by atoms with van der Waals surface area (Å²) in [4.78, 5) is 7.38. The maximum atomic E-state index is 4.91. The van der Waals surface area contributed by atoms with Crippen LogP contribution < -0.4 is 10.2 Å². The van der Waals surface area contributed by atoms with Crippen LogP contribution in [0.5, 0.6) is 0 Å². The van der Waals surface area contributed by atoms with Crippen molar-refractivity contribution in [3.8, 4) is 0 Å². The van der Waals surface area contributed by atoms with Gasteiger partial charge in [-0.05, 0) is 56.3 Å². The molecular weight excluding hydrogens is 258 g/mol. The van der Waals surface area contributed by atoms with E-state index in [9.17, 15) is 0 Å². The average molecular weight is 289 g/mol. The molecule has 1 aromatic rings. The molecule has 0 unspecified atom stereocenters. The first-order chi connectivity index (χ1) is 10.3. The second kappa shape index (κ2) is 8.38. The lowest BCUT2D eigenvalue weighted by Crippen LogP contribution is -2.33. The summed E-state index contributed by atoms with van der Waals surface area (Å²) in [5.41, 5.74) is 2.62. The number of hydrogen-bond donors (Lipinski definition) is 1. The lowest BCUT2D eigenvalue weighted by molar-refractivity contribution is 0.318. The van der Waals surface area contributed by atoms with Crippen LogP contribution in [0.2, 0.25) is 0 Å². The smallest absolute Gasteiger partial charge is 0.129 e. The zero-order valence-electron chi connectivity index (χ0n) is 14.0. The normalized spacial score (nSPS) is 15.0. The third-order valence-electron chi connectivity index (χ3n) is 4.42. The van der Waals surface area contributed by atoms with Gasteiger partial charge in [0, 0.05) is 25.3 Å². The predicted molar refractivity (Wildman–Crippen MR) is 90.8 cm³/mol. The third kappa shape index (κ3) is 4.70. The number of rotatable bonds is 9. The van der Waals surface area contributed by atoms with E-state index in [2.05, 4.69) is 43.1 Å². The molecule has 0 saturated heterocycles. The van der Waals surface area contributed by atoms with Crippen molar-refractivity contribution in [2.24, 2.45) is 5.92 Å². The summed E-state index contributed by atoms with van der Waals surface area (Å²) in [5.74, 6) is 2.07. The Labute approximate surface area is 130 Å². The zero-order chi connectivity index (χ0) is 15.1. The van der Waals surface area contributed by atoms with Gasteiger partial charge in [0.1, 0.15) is 5.82 Å². The van der Waals surface area contributed by atoms with E-state index in [1.54, 1.807) is 0 Å². The number of hydrogen-bond acceptors (Lipinski definition) is 3. The van der Waals surface area contributed by atoms with Gasteiger partial charge in [-0.2, -0.15) is 0 Å². The van der Waals surface area contributed by atoms with Gasteiger partial charge in [0.25, 0.3) is 0 Å². The van der Waals surface area contributed by atoms with E-state index < -0.39 is 0 Å². The molecule has 1 N–H and O–H groups in total. The van der Waals surface area contributed by atoms with Gasteiger partial charge in [-0.3, -0.25) is 0 Å². The molecule has 1 aliphatic carbocycles. The van der Waals surface area contributed by atoms with E-state index in [0.29, 0.717) is 0 Å². The van der Waals surface area contributed by atoms with Gasteiger partial charge < -0.3 is 10.2 Å². The molecule has 0 amide bonds. The lowest BCUT2D eigenvalue weighted by Gasteiger charge is -2.32. The van der Waals surface area contributed by atoms with Crippen molar-refractivity contribution in [2.75, 3.05) is 24.5 Å². The van der Waals surface area contributed by atoms with Crippen LogP contribution in [0.4, 0.5) is 5.82 Å². The second-order valence-electron chi connectivity index (χ2n) is 6.19. The lowest BCUT2D eigenvalue weighted by atomic mass is 9.85. The summed E-state index contributed by atoms with van der Waals surface area (Å²) in [5, 5.41) is 3.43. The van der Waals surface area contributed by atoms with Crippen LogP contribution in [0, 0.1) is 5.92 Å². The Hall–Kier alpha value is -1.09. The summed E-state index contributed by atoms with van der Waals surface area (Å²) >= 11 is 0. The number of aryl methyl sites for hydroxylation is 1. The Balaban J connectivity index is 2.14. The number of aromatic nitrogens is 1. The van der Waals surface area contributed by atoms with E-state index in [1.165, 1.54) is 42.9 Å². The third-order valence-corrected chi connectivity index (χ3v) is 4.42. The Morgan fingerprint density at radius 2 is 2.05 bits per heavy atom.